The highest BCUT2D eigenvalue weighted by Gasteiger charge is 2.19. The number of allylic oxidation sites excluding steroid dienone is 1. The van der Waals surface area contributed by atoms with Gasteiger partial charge in [0.2, 0.25) is 0 Å². The Morgan fingerprint density at radius 1 is 1.77 bits per heavy atom. The summed E-state index contributed by atoms with van der Waals surface area (Å²) < 4.78 is 0. The zero-order valence-electron chi connectivity index (χ0n) is 7.82. The van der Waals surface area contributed by atoms with E-state index in [0.29, 0.717) is 13.0 Å². The lowest BCUT2D eigenvalue weighted by molar-refractivity contribution is -0.134. The van der Waals surface area contributed by atoms with Gasteiger partial charge in [-0.05, 0) is 13.8 Å². The first-order chi connectivity index (χ1) is 5.79. The van der Waals surface area contributed by atoms with Gasteiger partial charge >= 0.3 is 0 Å². The first kappa shape index (κ1) is 12.4. The maximum Gasteiger partial charge on any atom is 0.126 e. The van der Waals surface area contributed by atoms with Crippen molar-refractivity contribution in [3.05, 3.63) is 17.8 Å². The second kappa shape index (κ2) is 5.97. The van der Waals surface area contributed by atoms with Crippen molar-refractivity contribution in [2.45, 2.75) is 26.3 Å². The fourth-order valence-corrected chi connectivity index (χ4v) is 1.17. The predicted molar refractivity (Wildman–Crippen MR) is 56.2 cm³/mol. The van der Waals surface area contributed by atoms with Gasteiger partial charge in [0.05, 0.1) is 12.6 Å². The van der Waals surface area contributed by atoms with Gasteiger partial charge in [0.25, 0.3) is 0 Å². The molecule has 0 N–H and O–H groups in total. The van der Waals surface area contributed by atoms with E-state index in [1.807, 2.05) is 32.1 Å². The highest BCUT2D eigenvalue weighted by atomic mass is 79.9. The Morgan fingerprint density at radius 2 is 2.46 bits per heavy atom. The third-order valence-electron chi connectivity index (χ3n) is 1.89. The first-order valence-electron chi connectivity index (χ1n) is 4.11. The molecule has 0 spiro atoms. The summed E-state index contributed by atoms with van der Waals surface area (Å²) in [4.78, 5) is 15.7. The van der Waals surface area contributed by atoms with E-state index in [2.05, 4.69) is 0 Å². The molecule has 1 aliphatic rings. The van der Waals surface area contributed by atoms with E-state index < -0.39 is 0 Å². The molecule has 0 bridgehead atoms. The van der Waals surface area contributed by atoms with Crippen LogP contribution in [0.1, 0.15) is 20.3 Å². The molecule has 1 atom stereocenters. The summed E-state index contributed by atoms with van der Waals surface area (Å²) in [7, 11) is 0. The van der Waals surface area contributed by atoms with Crippen molar-refractivity contribution >= 4 is 22.9 Å². The first-order valence-corrected chi connectivity index (χ1v) is 4.11. The molecule has 0 aromatic carbocycles. The molecule has 4 heteroatoms. The smallest absolute Gasteiger partial charge is 0.126 e. The zero-order chi connectivity index (χ0) is 8.97. The molecule has 0 aromatic heterocycles. The van der Waals surface area contributed by atoms with Crippen LogP contribution in [0.3, 0.4) is 0 Å². The van der Waals surface area contributed by atoms with Crippen LogP contribution in [-0.2, 0) is 9.63 Å². The van der Waals surface area contributed by atoms with Crippen LogP contribution < -0.4 is 0 Å². The monoisotopic (exact) mass is 247 g/mol. The largest absolute Gasteiger partial charge is 0.274 e. The minimum Gasteiger partial charge on any atom is -0.274 e. The van der Waals surface area contributed by atoms with E-state index in [1.165, 1.54) is 0 Å². The van der Waals surface area contributed by atoms with Crippen molar-refractivity contribution in [3.63, 3.8) is 0 Å². The van der Waals surface area contributed by atoms with Crippen molar-refractivity contribution in [2.24, 2.45) is 0 Å². The average Bonchev–Trinajstić information content (AvgIpc) is 2.09. The van der Waals surface area contributed by atoms with Crippen LogP contribution in [0.2, 0.25) is 0 Å². The minimum absolute atomic E-state index is 0. The fraction of sp³-hybridized carbons (Fsp3) is 0.556. The van der Waals surface area contributed by atoms with E-state index in [0.717, 1.165) is 5.57 Å². The summed E-state index contributed by atoms with van der Waals surface area (Å²) in [6.45, 7) is 4.46. The molecule has 0 aromatic rings. The summed E-state index contributed by atoms with van der Waals surface area (Å²) in [5.74, 6) is 1.94. The van der Waals surface area contributed by atoms with Gasteiger partial charge in [0.1, 0.15) is 5.94 Å². The molecule has 1 heterocycles. The third kappa shape index (κ3) is 2.99. The van der Waals surface area contributed by atoms with E-state index in [1.54, 1.807) is 5.06 Å². The maximum absolute atomic E-state index is 10.4. The number of rotatable bonds is 2. The Labute approximate surface area is 88.8 Å². The molecule has 1 unspecified atom stereocenters. The highest BCUT2D eigenvalue weighted by molar-refractivity contribution is 8.93. The summed E-state index contributed by atoms with van der Waals surface area (Å²) in [6, 6.07) is 0.0208. The van der Waals surface area contributed by atoms with E-state index in [4.69, 9.17) is 4.84 Å². The van der Waals surface area contributed by atoms with Crippen LogP contribution in [-0.4, -0.2) is 23.7 Å². The predicted octanol–water partition coefficient (Wildman–Crippen LogP) is 1.88. The molecule has 0 aliphatic carbocycles. The van der Waals surface area contributed by atoms with Crippen molar-refractivity contribution in [2.75, 3.05) is 6.61 Å². The molecule has 74 valence electrons. The van der Waals surface area contributed by atoms with Crippen molar-refractivity contribution in [1.29, 1.82) is 0 Å². The second-order valence-corrected chi connectivity index (χ2v) is 2.67. The number of nitrogens with zero attached hydrogens (tertiary/aromatic N) is 1. The van der Waals surface area contributed by atoms with Gasteiger partial charge in [-0.25, -0.2) is 4.79 Å². The fourth-order valence-electron chi connectivity index (χ4n) is 1.17. The Kier molecular flexibility index (Phi) is 5.71. The van der Waals surface area contributed by atoms with Crippen LogP contribution in [0.4, 0.5) is 0 Å². The molecule has 0 radical (unpaired) electrons. The van der Waals surface area contributed by atoms with Gasteiger partial charge in [-0.1, -0.05) is 6.08 Å². The molecule has 13 heavy (non-hydrogen) atoms. The third-order valence-corrected chi connectivity index (χ3v) is 1.89. The zero-order valence-corrected chi connectivity index (χ0v) is 9.53. The van der Waals surface area contributed by atoms with E-state index >= 15 is 0 Å². The topological polar surface area (TPSA) is 29.5 Å². The molecule has 0 fully saturated rings. The van der Waals surface area contributed by atoms with Crippen LogP contribution in [0.25, 0.3) is 0 Å². The Balaban J connectivity index is 0.00000144. The molecule has 0 saturated heterocycles. The van der Waals surface area contributed by atoms with Crippen molar-refractivity contribution < 1.29 is 9.63 Å². The lowest BCUT2D eigenvalue weighted by atomic mass is 10.0. The van der Waals surface area contributed by atoms with E-state index in [-0.39, 0.29) is 23.0 Å². The van der Waals surface area contributed by atoms with Gasteiger partial charge in [-0.3, -0.25) is 9.90 Å². The van der Waals surface area contributed by atoms with Crippen LogP contribution in [0, 0.1) is 0 Å². The molecule has 1 rings (SSSR count). The van der Waals surface area contributed by atoms with Crippen LogP contribution >= 0.6 is 17.0 Å². The molecular formula is C9H14BrNO2. The summed E-state index contributed by atoms with van der Waals surface area (Å²) in [5.41, 5.74) is 0.742. The van der Waals surface area contributed by atoms with Gasteiger partial charge in [-0.15, -0.1) is 17.0 Å². The van der Waals surface area contributed by atoms with Crippen molar-refractivity contribution in [1.82, 2.24) is 5.06 Å². The quantitative estimate of drug-likeness (QED) is 0.699. The number of carbonyl (C=O) groups excluding carboxylic acids is 1. The Hall–Kier alpha value is -0.570. The van der Waals surface area contributed by atoms with Gasteiger partial charge in [0.15, 0.2) is 0 Å². The van der Waals surface area contributed by atoms with Crippen LogP contribution in [0.5, 0.6) is 0 Å². The SMILES string of the molecule is Br.CCON1C=CCC(=C=O)C1C. The minimum atomic E-state index is 0. The summed E-state index contributed by atoms with van der Waals surface area (Å²) in [6.07, 6.45) is 4.44. The molecule has 0 amide bonds. The van der Waals surface area contributed by atoms with Gasteiger partial charge < -0.3 is 0 Å². The molecule has 3 nitrogen and oxygen atoms in total. The lowest BCUT2D eigenvalue weighted by Gasteiger charge is -2.29. The standard InChI is InChI=1S/C9H13NO2.BrH/c1-3-12-10-6-4-5-9(7-11)8(10)2;/h4,6,8H,3,5H2,1-2H3;1H. The van der Waals surface area contributed by atoms with Gasteiger partial charge in [0, 0.05) is 18.2 Å². The van der Waals surface area contributed by atoms with Gasteiger partial charge in [-0.2, -0.15) is 0 Å². The Morgan fingerprint density at radius 3 is 3.00 bits per heavy atom. The molecule has 1 aliphatic heterocycles. The van der Waals surface area contributed by atoms with Crippen LogP contribution in [0.15, 0.2) is 17.8 Å². The lowest BCUT2D eigenvalue weighted by Crippen LogP contribution is -2.32. The summed E-state index contributed by atoms with van der Waals surface area (Å²) >= 11 is 0. The molecule has 0 saturated carbocycles. The highest BCUT2D eigenvalue weighted by Crippen LogP contribution is 2.18. The average molecular weight is 248 g/mol. The number of halogens is 1. The van der Waals surface area contributed by atoms with E-state index in [9.17, 15) is 4.79 Å². The number of hydrogen-bond donors (Lipinski definition) is 0. The maximum atomic E-state index is 10.4. The Bertz CT molecular complexity index is 234. The second-order valence-electron chi connectivity index (χ2n) is 2.67. The normalized spacial score (nSPS) is 20.9. The van der Waals surface area contributed by atoms with Crippen molar-refractivity contribution in [3.8, 4) is 0 Å². The summed E-state index contributed by atoms with van der Waals surface area (Å²) in [5, 5.41) is 1.68. The number of hydroxylamine groups is 2. The number of hydrogen-bond acceptors (Lipinski definition) is 3. The molecular weight excluding hydrogens is 234 g/mol.